The fourth-order valence-electron chi connectivity index (χ4n) is 1.23. The molecule has 0 aliphatic carbocycles. The Hall–Kier alpha value is -1.28. The minimum absolute atomic E-state index is 0.233. The van der Waals surface area contributed by atoms with Gasteiger partial charge in [-0.25, -0.2) is 4.39 Å². The van der Waals surface area contributed by atoms with E-state index in [0.717, 1.165) is 16.9 Å². The van der Waals surface area contributed by atoms with Gasteiger partial charge in [-0.2, -0.15) is 0 Å². The number of hydrogen-bond donors (Lipinski definition) is 1. The summed E-state index contributed by atoms with van der Waals surface area (Å²) >= 11 is 5.53. The Balaban J connectivity index is 2.47. The maximum Gasteiger partial charge on any atom is 0.123 e. The van der Waals surface area contributed by atoms with Crippen LogP contribution >= 0.6 is 11.6 Å². The Morgan fingerprint density at radius 2 is 2.15 bits per heavy atom. The van der Waals surface area contributed by atoms with Crippen molar-refractivity contribution in [2.24, 2.45) is 0 Å². The molecule has 0 aromatic heterocycles. The number of halogens is 2. The van der Waals surface area contributed by atoms with E-state index in [2.05, 4.69) is 5.32 Å². The minimum Gasteiger partial charge on any atom is -0.354 e. The number of benzene rings is 1. The van der Waals surface area contributed by atoms with Crippen molar-refractivity contribution in [1.82, 2.24) is 0 Å². The third-order valence-electron chi connectivity index (χ3n) is 1.85. The van der Waals surface area contributed by atoms with Gasteiger partial charge in [-0.3, -0.25) is 0 Å². The highest BCUT2D eigenvalue weighted by molar-refractivity contribution is 6.26. The topological polar surface area (TPSA) is 12.0 Å². The molecule has 0 amide bonds. The zero-order valence-corrected chi connectivity index (χ0v) is 7.48. The van der Waals surface area contributed by atoms with Crippen LogP contribution < -0.4 is 5.32 Å². The van der Waals surface area contributed by atoms with Gasteiger partial charge in [0.05, 0.1) is 0 Å². The van der Waals surface area contributed by atoms with Gasteiger partial charge in [-0.05, 0) is 24.3 Å². The van der Waals surface area contributed by atoms with Crippen molar-refractivity contribution in [3.8, 4) is 0 Å². The van der Waals surface area contributed by atoms with Gasteiger partial charge in [0.15, 0.2) is 0 Å². The first-order valence-electron chi connectivity index (χ1n) is 3.84. The first-order chi connectivity index (χ1) is 6.29. The fourth-order valence-corrected chi connectivity index (χ4v) is 1.35. The molecule has 0 saturated carbocycles. The van der Waals surface area contributed by atoms with Crippen molar-refractivity contribution in [1.29, 1.82) is 0 Å². The summed E-state index contributed by atoms with van der Waals surface area (Å²) in [5, 5.41) is 3.05. The van der Waals surface area contributed by atoms with E-state index in [-0.39, 0.29) is 5.82 Å². The van der Waals surface area contributed by atoms with E-state index in [1.807, 2.05) is 6.08 Å². The van der Waals surface area contributed by atoms with Crippen LogP contribution in [0, 0.1) is 5.82 Å². The number of allylic oxidation sites excluding steroid dienone is 1. The Morgan fingerprint density at radius 3 is 2.92 bits per heavy atom. The highest BCUT2D eigenvalue weighted by Gasteiger charge is 2.06. The summed E-state index contributed by atoms with van der Waals surface area (Å²) in [7, 11) is 0. The highest BCUT2D eigenvalue weighted by Crippen LogP contribution is 2.25. The minimum atomic E-state index is -0.233. The van der Waals surface area contributed by atoms with Gasteiger partial charge in [0.2, 0.25) is 0 Å². The van der Waals surface area contributed by atoms with Gasteiger partial charge in [-0.1, -0.05) is 17.7 Å². The molecule has 0 spiro atoms. The standard InChI is InChI=1S/C10H7ClFN/c11-6-9-3-1-7-5-8(12)2-4-10(7)13-9/h1-6,13H. The molecule has 66 valence electrons. The third kappa shape index (κ3) is 1.58. The molecule has 0 unspecified atom stereocenters. The summed E-state index contributed by atoms with van der Waals surface area (Å²) in [6.45, 7) is 0. The van der Waals surface area contributed by atoms with Crippen LogP contribution in [0.1, 0.15) is 5.56 Å². The summed E-state index contributed by atoms with van der Waals surface area (Å²) in [4.78, 5) is 0. The molecule has 1 aromatic carbocycles. The molecule has 0 saturated heterocycles. The Kier molecular flexibility index (Phi) is 2.07. The molecule has 3 heteroatoms. The van der Waals surface area contributed by atoms with Crippen molar-refractivity contribution in [2.45, 2.75) is 0 Å². The molecule has 0 radical (unpaired) electrons. The normalized spacial score (nSPS) is 16.9. The predicted octanol–water partition coefficient (Wildman–Crippen LogP) is 3.34. The zero-order chi connectivity index (χ0) is 9.26. The van der Waals surface area contributed by atoms with Crippen LogP contribution in [0.4, 0.5) is 10.1 Å². The lowest BCUT2D eigenvalue weighted by Gasteiger charge is -2.14. The molecule has 1 nitrogen and oxygen atoms in total. The average molecular weight is 196 g/mol. The number of nitrogens with one attached hydrogen (secondary N) is 1. The summed E-state index contributed by atoms with van der Waals surface area (Å²) in [6.07, 6.45) is 3.62. The van der Waals surface area contributed by atoms with Crippen LogP contribution in [-0.4, -0.2) is 0 Å². The van der Waals surface area contributed by atoms with Crippen LogP contribution in [-0.2, 0) is 0 Å². The Bertz CT molecular complexity index is 396. The van der Waals surface area contributed by atoms with E-state index in [1.54, 1.807) is 12.1 Å². The summed E-state index contributed by atoms with van der Waals surface area (Å²) in [5.41, 5.74) is 3.96. The van der Waals surface area contributed by atoms with Crippen molar-refractivity contribution < 1.29 is 4.39 Å². The van der Waals surface area contributed by atoms with Crippen molar-refractivity contribution in [3.05, 3.63) is 46.9 Å². The molecule has 0 atom stereocenters. The van der Waals surface area contributed by atoms with E-state index in [1.165, 1.54) is 17.7 Å². The molecule has 2 rings (SSSR count). The quantitative estimate of drug-likeness (QED) is 0.670. The average Bonchev–Trinajstić information content (AvgIpc) is 2.17. The molecule has 13 heavy (non-hydrogen) atoms. The fraction of sp³-hybridized carbons (Fsp3) is 0. The highest BCUT2D eigenvalue weighted by atomic mass is 35.5. The molecule has 1 heterocycles. The lowest BCUT2D eigenvalue weighted by molar-refractivity contribution is 0.627. The Labute approximate surface area is 80.5 Å². The van der Waals surface area contributed by atoms with Crippen LogP contribution in [0.3, 0.4) is 0 Å². The second-order valence-corrected chi connectivity index (χ2v) is 2.97. The second-order valence-electron chi connectivity index (χ2n) is 2.75. The summed E-state index contributed by atoms with van der Waals surface area (Å²) < 4.78 is 12.8. The van der Waals surface area contributed by atoms with Crippen LogP contribution in [0.25, 0.3) is 6.08 Å². The van der Waals surface area contributed by atoms with Gasteiger partial charge in [0.1, 0.15) is 5.82 Å². The molecule has 0 bridgehead atoms. The van der Waals surface area contributed by atoms with E-state index in [0.29, 0.717) is 0 Å². The van der Waals surface area contributed by atoms with E-state index >= 15 is 0 Å². The van der Waals surface area contributed by atoms with Crippen LogP contribution in [0.15, 0.2) is 35.5 Å². The molecule has 0 fully saturated rings. The smallest absolute Gasteiger partial charge is 0.123 e. The van der Waals surface area contributed by atoms with Gasteiger partial charge >= 0.3 is 0 Å². The number of fused-ring (bicyclic) bond motifs is 1. The maximum atomic E-state index is 12.8. The SMILES string of the molecule is Fc1ccc2c(c1)C=CC(=CCl)N2. The summed E-state index contributed by atoms with van der Waals surface area (Å²) in [6, 6.07) is 4.58. The molecular weight excluding hydrogens is 189 g/mol. The third-order valence-corrected chi connectivity index (χ3v) is 2.09. The molecule has 1 aliphatic heterocycles. The van der Waals surface area contributed by atoms with Gasteiger partial charge < -0.3 is 5.32 Å². The van der Waals surface area contributed by atoms with Gasteiger partial charge in [0, 0.05) is 22.5 Å². The largest absolute Gasteiger partial charge is 0.354 e. The predicted molar refractivity (Wildman–Crippen MR) is 53.0 cm³/mol. The lowest BCUT2D eigenvalue weighted by atomic mass is 10.1. The first-order valence-corrected chi connectivity index (χ1v) is 4.28. The monoisotopic (exact) mass is 195 g/mol. The molecule has 1 N–H and O–H groups in total. The van der Waals surface area contributed by atoms with E-state index in [4.69, 9.17) is 11.6 Å². The van der Waals surface area contributed by atoms with Crippen molar-refractivity contribution >= 4 is 23.4 Å². The van der Waals surface area contributed by atoms with E-state index < -0.39 is 0 Å². The number of anilines is 1. The molecule has 1 aromatic rings. The zero-order valence-electron chi connectivity index (χ0n) is 6.72. The first kappa shape index (κ1) is 8.32. The molecule has 1 aliphatic rings. The maximum absolute atomic E-state index is 12.8. The summed E-state index contributed by atoms with van der Waals surface area (Å²) in [5.74, 6) is -0.233. The van der Waals surface area contributed by atoms with Gasteiger partial charge in [0.25, 0.3) is 0 Å². The second kappa shape index (κ2) is 3.23. The van der Waals surface area contributed by atoms with Crippen LogP contribution in [0.2, 0.25) is 0 Å². The number of rotatable bonds is 0. The van der Waals surface area contributed by atoms with Crippen molar-refractivity contribution in [2.75, 3.05) is 5.32 Å². The van der Waals surface area contributed by atoms with E-state index in [9.17, 15) is 4.39 Å². The van der Waals surface area contributed by atoms with Crippen molar-refractivity contribution in [3.63, 3.8) is 0 Å². The number of hydrogen-bond acceptors (Lipinski definition) is 1. The molecular formula is C10H7ClFN. The Morgan fingerprint density at radius 1 is 1.31 bits per heavy atom. The lowest BCUT2D eigenvalue weighted by Crippen LogP contribution is -2.02. The van der Waals surface area contributed by atoms with Crippen LogP contribution in [0.5, 0.6) is 0 Å². The van der Waals surface area contributed by atoms with Gasteiger partial charge in [-0.15, -0.1) is 0 Å².